The standard InChI is InChI=1S/C22H24F3N3/c1-22(8-11-26-12-9-22)7-5-14-6-10-27-21-18(14)17(13-28-21)15-3-2-4-16(19(15)23)20(24)25/h2-4,6,10,13,20,26H,5,7-9,11-12H2,1H3,(H,27,28). The zero-order chi connectivity index (χ0) is 19.7. The Bertz CT molecular complexity index is 974. The molecule has 1 aliphatic rings. The molecule has 4 rings (SSSR count). The van der Waals surface area contributed by atoms with Crippen molar-refractivity contribution in [2.24, 2.45) is 5.41 Å². The van der Waals surface area contributed by atoms with Crippen LogP contribution in [-0.4, -0.2) is 23.1 Å². The Morgan fingerprint density at radius 1 is 1.14 bits per heavy atom. The summed E-state index contributed by atoms with van der Waals surface area (Å²) >= 11 is 0. The Morgan fingerprint density at radius 3 is 2.68 bits per heavy atom. The number of H-pyrrole nitrogens is 1. The van der Waals surface area contributed by atoms with Gasteiger partial charge in [-0.3, -0.25) is 0 Å². The highest BCUT2D eigenvalue weighted by molar-refractivity contribution is 5.96. The van der Waals surface area contributed by atoms with Gasteiger partial charge in [0.05, 0.1) is 5.56 Å². The second kappa shape index (κ2) is 7.59. The highest BCUT2D eigenvalue weighted by atomic mass is 19.3. The molecular formula is C22H24F3N3. The molecule has 1 aromatic carbocycles. The van der Waals surface area contributed by atoms with E-state index in [-0.39, 0.29) is 11.0 Å². The van der Waals surface area contributed by atoms with E-state index < -0.39 is 17.8 Å². The predicted octanol–water partition coefficient (Wildman–Crippen LogP) is 5.63. The van der Waals surface area contributed by atoms with Crippen molar-refractivity contribution < 1.29 is 13.2 Å². The molecule has 0 unspecified atom stereocenters. The van der Waals surface area contributed by atoms with Crippen molar-refractivity contribution in [3.63, 3.8) is 0 Å². The molecule has 1 fully saturated rings. The molecule has 0 spiro atoms. The molecule has 0 atom stereocenters. The molecule has 2 N–H and O–H groups in total. The second-order valence-electron chi connectivity index (χ2n) is 7.97. The molecular weight excluding hydrogens is 363 g/mol. The molecule has 0 aliphatic carbocycles. The van der Waals surface area contributed by atoms with Gasteiger partial charge in [-0.05, 0) is 55.8 Å². The van der Waals surface area contributed by atoms with E-state index in [2.05, 4.69) is 22.2 Å². The molecule has 0 bridgehead atoms. The number of nitrogens with one attached hydrogen (secondary N) is 2. The fourth-order valence-corrected chi connectivity index (χ4v) is 4.19. The lowest BCUT2D eigenvalue weighted by atomic mass is 9.76. The van der Waals surface area contributed by atoms with Gasteiger partial charge in [-0.15, -0.1) is 0 Å². The number of aryl methyl sites for hydroxylation is 1. The summed E-state index contributed by atoms with van der Waals surface area (Å²) < 4.78 is 41.1. The molecule has 6 heteroatoms. The summed E-state index contributed by atoms with van der Waals surface area (Å²) in [4.78, 5) is 7.43. The van der Waals surface area contributed by atoms with Gasteiger partial charge in [0.2, 0.25) is 0 Å². The molecule has 1 saturated heterocycles. The number of benzene rings is 1. The Labute approximate surface area is 162 Å². The number of pyridine rings is 1. The largest absolute Gasteiger partial charge is 0.346 e. The Hall–Kier alpha value is -2.34. The summed E-state index contributed by atoms with van der Waals surface area (Å²) in [6.07, 6.45) is 4.70. The third kappa shape index (κ3) is 3.53. The van der Waals surface area contributed by atoms with E-state index in [9.17, 15) is 13.2 Å². The Kier molecular flexibility index (Phi) is 5.15. The van der Waals surface area contributed by atoms with Crippen LogP contribution in [0, 0.1) is 11.2 Å². The number of halogens is 3. The van der Waals surface area contributed by atoms with Gasteiger partial charge in [0.1, 0.15) is 11.5 Å². The number of nitrogens with zero attached hydrogens (tertiary/aromatic N) is 1. The van der Waals surface area contributed by atoms with Crippen LogP contribution in [0.25, 0.3) is 22.2 Å². The fraction of sp³-hybridized carbons (Fsp3) is 0.409. The number of aromatic amines is 1. The van der Waals surface area contributed by atoms with Crippen LogP contribution in [-0.2, 0) is 6.42 Å². The van der Waals surface area contributed by atoms with Crippen molar-refractivity contribution in [3.05, 3.63) is 53.6 Å². The van der Waals surface area contributed by atoms with E-state index in [0.717, 1.165) is 55.8 Å². The van der Waals surface area contributed by atoms with Crippen molar-refractivity contribution in [2.75, 3.05) is 13.1 Å². The number of fused-ring (bicyclic) bond motifs is 1. The highest BCUT2D eigenvalue weighted by Crippen LogP contribution is 2.38. The minimum Gasteiger partial charge on any atom is -0.346 e. The SMILES string of the molecule is CC1(CCc2ccnc3[nH]cc(-c4cccc(C(F)F)c4F)c23)CCNCC1. The molecule has 3 nitrogen and oxygen atoms in total. The van der Waals surface area contributed by atoms with Crippen LogP contribution in [0.15, 0.2) is 36.7 Å². The summed E-state index contributed by atoms with van der Waals surface area (Å²) in [5.74, 6) is -0.862. The molecule has 0 saturated carbocycles. The lowest BCUT2D eigenvalue weighted by molar-refractivity contribution is 0.146. The third-order valence-electron chi connectivity index (χ3n) is 6.02. The highest BCUT2D eigenvalue weighted by Gasteiger charge is 2.27. The van der Waals surface area contributed by atoms with Crippen LogP contribution in [0.3, 0.4) is 0 Å². The van der Waals surface area contributed by atoms with Crippen molar-refractivity contribution in [2.45, 2.75) is 39.0 Å². The molecule has 3 aromatic rings. The van der Waals surface area contributed by atoms with Gasteiger partial charge >= 0.3 is 0 Å². The zero-order valence-corrected chi connectivity index (χ0v) is 15.9. The summed E-state index contributed by atoms with van der Waals surface area (Å²) in [5.41, 5.74) is 2.21. The van der Waals surface area contributed by atoms with Crippen LogP contribution in [0.5, 0.6) is 0 Å². The van der Waals surface area contributed by atoms with Crippen LogP contribution in [0.1, 0.15) is 43.7 Å². The van der Waals surface area contributed by atoms with Crippen LogP contribution in [0.4, 0.5) is 13.2 Å². The van der Waals surface area contributed by atoms with E-state index in [1.165, 1.54) is 6.07 Å². The van der Waals surface area contributed by atoms with Crippen molar-refractivity contribution >= 4 is 11.0 Å². The minimum absolute atomic E-state index is 0.186. The second-order valence-corrected chi connectivity index (χ2v) is 7.97. The number of alkyl halides is 2. The lowest BCUT2D eigenvalue weighted by Gasteiger charge is -2.34. The first-order valence-corrected chi connectivity index (χ1v) is 9.71. The van der Waals surface area contributed by atoms with Crippen LogP contribution in [0.2, 0.25) is 0 Å². The predicted molar refractivity (Wildman–Crippen MR) is 105 cm³/mol. The summed E-state index contributed by atoms with van der Waals surface area (Å²) in [6, 6.07) is 6.12. The minimum atomic E-state index is -2.84. The maximum absolute atomic E-state index is 14.8. The summed E-state index contributed by atoms with van der Waals surface area (Å²) in [7, 11) is 0. The molecule has 1 aliphatic heterocycles. The van der Waals surface area contributed by atoms with E-state index in [1.54, 1.807) is 18.5 Å². The number of hydrogen-bond acceptors (Lipinski definition) is 2. The molecule has 3 heterocycles. The molecule has 148 valence electrons. The zero-order valence-electron chi connectivity index (χ0n) is 15.9. The first-order valence-electron chi connectivity index (χ1n) is 9.71. The molecule has 2 aromatic heterocycles. The van der Waals surface area contributed by atoms with Gasteiger partial charge in [-0.1, -0.05) is 25.1 Å². The average molecular weight is 387 g/mol. The monoisotopic (exact) mass is 387 g/mol. The van der Waals surface area contributed by atoms with E-state index in [0.29, 0.717) is 11.2 Å². The number of piperidine rings is 1. The summed E-state index contributed by atoms with van der Waals surface area (Å²) in [5, 5.41) is 4.22. The van der Waals surface area contributed by atoms with E-state index >= 15 is 0 Å². The van der Waals surface area contributed by atoms with Gasteiger partial charge in [0, 0.05) is 28.9 Å². The average Bonchev–Trinajstić information content (AvgIpc) is 3.11. The lowest BCUT2D eigenvalue weighted by Crippen LogP contribution is -2.35. The molecule has 28 heavy (non-hydrogen) atoms. The first kappa shape index (κ1) is 19.0. The smallest absolute Gasteiger partial charge is 0.266 e. The van der Waals surface area contributed by atoms with Crippen LogP contribution >= 0.6 is 0 Å². The van der Waals surface area contributed by atoms with Crippen LogP contribution < -0.4 is 5.32 Å². The van der Waals surface area contributed by atoms with E-state index in [1.807, 2.05) is 6.07 Å². The van der Waals surface area contributed by atoms with E-state index in [4.69, 9.17) is 0 Å². The molecule has 0 amide bonds. The summed E-state index contributed by atoms with van der Waals surface area (Å²) in [6.45, 7) is 4.38. The van der Waals surface area contributed by atoms with Crippen molar-refractivity contribution in [3.8, 4) is 11.1 Å². The molecule has 0 radical (unpaired) electrons. The van der Waals surface area contributed by atoms with Gasteiger partial charge in [-0.2, -0.15) is 0 Å². The Morgan fingerprint density at radius 2 is 1.93 bits per heavy atom. The quantitative estimate of drug-likeness (QED) is 0.596. The number of hydrogen-bond donors (Lipinski definition) is 2. The number of rotatable bonds is 5. The normalized spacial score (nSPS) is 16.8. The van der Waals surface area contributed by atoms with Gasteiger partial charge in [0.25, 0.3) is 6.43 Å². The van der Waals surface area contributed by atoms with Crippen molar-refractivity contribution in [1.29, 1.82) is 0 Å². The maximum Gasteiger partial charge on any atom is 0.266 e. The maximum atomic E-state index is 14.8. The topological polar surface area (TPSA) is 40.7 Å². The first-order chi connectivity index (χ1) is 13.5. The Balaban J connectivity index is 1.73. The fourth-order valence-electron chi connectivity index (χ4n) is 4.19. The van der Waals surface area contributed by atoms with Gasteiger partial charge < -0.3 is 10.3 Å². The van der Waals surface area contributed by atoms with Gasteiger partial charge in [-0.25, -0.2) is 18.2 Å². The third-order valence-corrected chi connectivity index (χ3v) is 6.02. The van der Waals surface area contributed by atoms with Gasteiger partial charge in [0.15, 0.2) is 0 Å². The number of aromatic nitrogens is 2. The van der Waals surface area contributed by atoms with Crippen molar-refractivity contribution in [1.82, 2.24) is 15.3 Å².